The van der Waals surface area contributed by atoms with Gasteiger partial charge in [-0.25, -0.2) is 22.3 Å². The van der Waals surface area contributed by atoms with Crippen LogP contribution in [0.15, 0.2) is 145 Å². The van der Waals surface area contributed by atoms with Crippen molar-refractivity contribution in [1.82, 2.24) is 19.6 Å². The Morgan fingerprint density at radius 1 is 0.692 bits per heavy atom. The molecule has 52 heavy (non-hydrogen) atoms. The summed E-state index contributed by atoms with van der Waals surface area (Å²) >= 11 is 0. The predicted octanol–water partition coefficient (Wildman–Crippen LogP) is 7.06. The van der Waals surface area contributed by atoms with Crippen molar-refractivity contribution in [2.75, 3.05) is 6.61 Å². The van der Waals surface area contributed by atoms with Crippen LogP contribution in [0.1, 0.15) is 53.8 Å². The Morgan fingerprint density at radius 2 is 1.17 bits per heavy atom. The van der Waals surface area contributed by atoms with E-state index in [0.29, 0.717) is 0 Å². The molecule has 0 radical (unpaired) electrons. The highest BCUT2D eigenvalue weighted by Gasteiger charge is 2.21. The molecule has 2 aliphatic carbocycles. The molecule has 9 nitrogen and oxygen atoms in total. The highest BCUT2D eigenvalue weighted by atomic mass is 32.2. The molecule has 8 rings (SSSR count). The molecule has 6 aromatic rings. The van der Waals surface area contributed by atoms with Crippen molar-refractivity contribution in [3.8, 4) is 11.4 Å². The van der Waals surface area contributed by atoms with Crippen LogP contribution in [0.3, 0.4) is 0 Å². The van der Waals surface area contributed by atoms with E-state index in [0.717, 1.165) is 55.6 Å². The van der Waals surface area contributed by atoms with Gasteiger partial charge in [0.2, 0.25) is 0 Å². The van der Waals surface area contributed by atoms with Crippen molar-refractivity contribution in [1.29, 1.82) is 0 Å². The Labute approximate surface area is 305 Å². The largest absolute Gasteiger partial charge is 0.744 e. The second-order valence-electron chi connectivity index (χ2n) is 12.7. The molecule has 2 aliphatic rings. The number of hydrogen-bond donors (Lipinski definition) is 1. The van der Waals surface area contributed by atoms with Crippen molar-refractivity contribution in [3.05, 3.63) is 168 Å². The maximum absolute atomic E-state index is 10.4. The van der Waals surface area contributed by atoms with E-state index in [2.05, 4.69) is 86.4 Å². The molecule has 10 heteroatoms. The number of aliphatic hydroxyl groups is 1. The molecule has 0 fully saturated rings. The Kier molecular flexibility index (Phi) is 12.0. The number of fused-ring (bicyclic) bond motifs is 2. The maximum atomic E-state index is 10.4. The van der Waals surface area contributed by atoms with E-state index in [1.807, 2.05) is 60.4 Å². The van der Waals surface area contributed by atoms with E-state index >= 15 is 0 Å². The minimum Gasteiger partial charge on any atom is -0.744 e. The number of aryl methyl sites for hydroxylation is 1. The fourth-order valence-corrected chi connectivity index (χ4v) is 6.99. The lowest BCUT2D eigenvalue weighted by Gasteiger charge is -2.16. The number of benzene rings is 3. The molecule has 1 N–H and O–H groups in total. The highest BCUT2D eigenvalue weighted by Crippen LogP contribution is 2.33. The molecule has 0 saturated heterocycles. The quantitative estimate of drug-likeness (QED) is 0.146. The van der Waals surface area contributed by atoms with Crippen LogP contribution in [-0.2, 0) is 29.5 Å². The average molecular weight is 714 g/mol. The summed E-state index contributed by atoms with van der Waals surface area (Å²) in [7, 11) is -4.27. The van der Waals surface area contributed by atoms with Crippen LogP contribution in [-0.4, -0.2) is 44.2 Å². The van der Waals surface area contributed by atoms with Crippen molar-refractivity contribution < 1.29 is 22.6 Å². The number of para-hydroxylation sites is 2. The predicted molar refractivity (Wildman–Crippen MR) is 202 cm³/mol. The van der Waals surface area contributed by atoms with Crippen LogP contribution < -0.4 is 4.57 Å². The van der Waals surface area contributed by atoms with Gasteiger partial charge in [-0.1, -0.05) is 66.2 Å². The molecule has 0 atom stereocenters. The van der Waals surface area contributed by atoms with Crippen LogP contribution >= 0.6 is 0 Å². The van der Waals surface area contributed by atoms with Gasteiger partial charge in [0, 0.05) is 23.3 Å². The number of hydrogen-bond acceptors (Lipinski definition) is 6. The van der Waals surface area contributed by atoms with Gasteiger partial charge in [-0.15, -0.1) is 0 Å². The van der Waals surface area contributed by atoms with Crippen LogP contribution in [0.25, 0.3) is 22.5 Å². The summed E-state index contributed by atoms with van der Waals surface area (Å²) in [4.78, 5) is -0.178. The first-order chi connectivity index (χ1) is 25.3. The van der Waals surface area contributed by atoms with Crippen LogP contribution in [0.5, 0.6) is 0 Å². The van der Waals surface area contributed by atoms with Crippen LogP contribution in [0.2, 0.25) is 0 Å². The number of allylic oxidation sites excluding steroid dienone is 3. The summed E-state index contributed by atoms with van der Waals surface area (Å²) < 4.78 is 37.5. The van der Waals surface area contributed by atoms with E-state index in [-0.39, 0.29) is 11.5 Å². The van der Waals surface area contributed by atoms with E-state index in [9.17, 15) is 13.0 Å². The fourth-order valence-electron chi connectivity index (χ4n) is 6.52. The number of nitrogens with zero attached hydrogens (tertiary/aromatic N) is 5. The molecule has 3 aromatic carbocycles. The zero-order valence-corrected chi connectivity index (χ0v) is 30.1. The second kappa shape index (κ2) is 17.2. The monoisotopic (exact) mass is 713 g/mol. The topological polar surface area (TPSA) is 117 Å². The van der Waals surface area contributed by atoms with Crippen molar-refractivity contribution in [3.63, 3.8) is 0 Å². The highest BCUT2D eigenvalue weighted by molar-refractivity contribution is 7.85. The SMILES string of the molecule is C(/C[n+]1ccccc1)=C1/CCCc2c1cnn2-c1ccccc1.Cc1ccc(S(=O)(=O)[O-])cc1.OC/C=C1\CCCc2c1cnn2-c1ccccc1. The van der Waals surface area contributed by atoms with Gasteiger partial charge in [-0.05, 0) is 99.1 Å². The smallest absolute Gasteiger partial charge is 0.169 e. The summed E-state index contributed by atoms with van der Waals surface area (Å²) in [6.45, 7) is 2.83. The van der Waals surface area contributed by atoms with Gasteiger partial charge >= 0.3 is 0 Å². The Balaban J connectivity index is 0.000000143. The Hall–Kier alpha value is -5.42. The first-order valence-corrected chi connectivity index (χ1v) is 18.9. The number of rotatable bonds is 6. The second-order valence-corrected chi connectivity index (χ2v) is 14.1. The molecule has 0 spiro atoms. The first kappa shape index (κ1) is 36.4. The molecule has 0 saturated carbocycles. The summed E-state index contributed by atoms with van der Waals surface area (Å²) in [5, 5.41) is 18.2. The fraction of sp³-hybridized carbons (Fsp3) is 0.214. The van der Waals surface area contributed by atoms with Crippen molar-refractivity contribution in [2.45, 2.75) is 56.9 Å². The standard InChI is InChI=1S/C20H20N3.C15H16N2O.C7H8O3S/c1-3-9-18(10-4-1)23-20-11-7-8-17(19(20)16-21-23)12-15-22-13-5-2-6-14-22;18-10-9-12-5-4-8-15-14(12)11-16-17(15)13-6-2-1-3-7-13;1-6-2-4-7(5-3-6)11(8,9)10/h1-6,9-10,12-14,16H,7-8,11,15H2;1-3,6-7,9,11,18H,4-5,8,10H2;2-5H,1H3,(H,8,9,10)/q+1;;/p-1/b17-12+;12-9+;. The van der Waals surface area contributed by atoms with Gasteiger partial charge in [0.05, 0.1) is 46.7 Å². The van der Waals surface area contributed by atoms with Crippen molar-refractivity contribution >= 4 is 21.3 Å². The number of aromatic nitrogens is 5. The van der Waals surface area contributed by atoms with Gasteiger partial charge in [-0.3, -0.25) is 0 Å². The third kappa shape index (κ3) is 9.08. The van der Waals surface area contributed by atoms with Gasteiger partial charge in [-0.2, -0.15) is 10.2 Å². The third-order valence-electron chi connectivity index (χ3n) is 9.12. The third-order valence-corrected chi connectivity index (χ3v) is 9.97. The molecule has 3 aromatic heterocycles. The van der Waals surface area contributed by atoms with Gasteiger partial charge < -0.3 is 9.66 Å². The van der Waals surface area contributed by atoms with E-state index in [1.165, 1.54) is 52.2 Å². The van der Waals surface area contributed by atoms with Crippen LogP contribution in [0.4, 0.5) is 0 Å². The van der Waals surface area contributed by atoms with Crippen LogP contribution in [0, 0.1) is 6.92 Å². The van der Waals surface area contributed by atoms with E-state index in [1.54, 1.807) is 12.1 Å². The minimum atomic E-state index is -4.27. The zero-order chi connectivity index (χ0) is 36.3. The lowest BCUT2D eigenvalue weighted by atomic mass is 9.92. The minimum absolute atomic E-state index is 0.102. The molecule has 0 unspecified atom stereocenters. The molecule has 0 bridgehead atoms. The normalized spacial score (nSPS) is 15.1. The number of aliphatic hydroxyl groups excluding tert-OH is 1. The van der Waals surface area contributed by atoms with Gasteiger partial charge in [0.1, 0.15) is 10.1 Å². The summed E-state index contributed by atoms with van der Waals surface area (Å²) in [6.07, 6.45) is 19.0. The lowest BCUT2D eigenvalue weighted by molar-refractivity contribution is -0.686. The Morgan fingerprint density at radius 3 is 1.65 bits per heavy atom. The first-order valence-electron chi connectivity index (χ1n) is 17.5. The molecule has 3 heterocycles. The summed E-state index contributed by atoms with van der Waals surface area (Å²) in [6, 6.07) is 32.6. The van der Waals surface area contributed by atoms with E-state index in [4.69, 9.17) is 5.11 Å². The molecule has 0 aliphatic heterocycles. The van der Waals surface area contributed by atoms with Crippen molar-refractivity contribution in [2.24, 2.45) is 0 Å². The molecular weight excluding hydrogens is 671 g/mol. The summed E-state index contributed by atoms with van der Waals surface area (Å²) in [5.74, 6) is 0. The van der Waals surface area contributed by atoms with Gasteiger partial charge in [0.15, 0.2) is 18.9 Å². The molecule has 0 amide bonds. The Bertz CT molecular complexity index is 2230. The molecular formula is C42H43N5O4S. The number of pyridine rings is 1. The molecule has 266 valence electrons. The van der Waals surface area contributed by atoms with E-state index < -0.39 is 10.1 Å². The zero-order valence-electron chi connectivity index (χ0n) is 29.3. The lowest BCUT2D eigenvalue weighted by Crippen LogP contribution is -2.31. The maximum Gasteiger partial charge on any atom is 0.169 e. The van der Waals surface area contributed by atoms with Gasteiger partial charge in [0.25, 0.3) is 0 Å². The summed E-state index contributed by atoms with van der Waals surface area (Å²) in [5.41, 5.74) is 10.9. The average Bonchev–Trinajstić information content (AvgIpc) is 3.82.